The van der Waals surface area contributed by atoms with Crippen LogP contribution in [0.1, 0.15) is 57.9 Å². The molecule has 2 atom stereocenters. The highest BCUT2D eigenvalue weighted by molar-refractivity contribution is 7.91. The lowest BCUT2D eigenvalue weighted by atomic mass is 10.00. The monoisotopic (exact) mass is 527 g/mol. The third-order valence-electron chi connectivity index (χ3n) is 6.59. The first kappa shape index (κ1) is 27.5. The summed E-state index contributed by atoms with van der Waals surface area (Å²) in [7, 11) is -4.15. The molecular weight excluding hydrogens is 497 g/mol. The number of carboxylic acid groups (broad SMARTS) is 1. The van der Waals surface area contributed by atoms with Gasteiger partial charge in [-0.2, -0.15) is 13.2 Å². The molecule has 0 amide bonds. The molecule has 1 aromatic rings. The zero-order chi connectivity index (χ0) is 26.2. The second-order valence-electron chi connectivity index (χ2n) is 9.71. The SMILES string of the molecule is C[C@H](COc1cc2c(cc1C(F)(F)F)N(C1CCCC1)C[C@H](CCC(C)(F)F)CS2(=O)=O)C(=O)O. The number of carbonyl (C=O) groups is 1. The molecule has 0 spiro atoms. The van der Waals surface area contributed by atoms with Crippen molar-refractivity contribution >= 4 is 21.5 Å². The van der Waals surface area contributed by atoms with Gasteiger partial charge in [-0.25, -0.2) is 17.2 Å². The Kier molecular flexibility index (Phi) is 7.93. The van der Waals surface area contributed by atoms with E-state index in [4.69, 9.17) is 9.84 Å². The van der Waals surface area contributed by atoms with E-state index in [1.54, 1.807) is 4.90 Å². The number of rotatable bonds is 8. The summed E-state index contributed by atoms with van der Waals surface area (Å²) in [6, 6.07) is 1.37. The van der Waals surface area contributed by atoms with Gasteiger partial charge in [-0.05, 0) is 45.1 Å². The second-order valence-corrected chi connectivity index (χ2v) is 11.7. The van der Waals surface area contributed by atoms with Gasteiger partial charge in [0.15, 0.2) is 9.84 Å². The number of fused-ring (bicyclic) bond motifs is 1. The van der Waals surface area contributed by atoms with Crippen molar-refractivity contribution in [3.63, 3.8) is 0 Å². The van der Waals surface area contributed by atoms with Gasteiger partial charge in [0, 0.05) is 25.1 Å². The van der Waals surface area contributed by atoms with Crippen LogP contribution < -0.4 is 9.64 Å². The molecule has 0 radical (unpaired) electrons. The molecule has 0 aromatic heterocycles. The normalized spacial score (nSPS) is 21.9. The summed E-state index contributed by atoms with van der Waals surface area (Å²) in [6.45, 7) is 1.48. The number of hydrogen-bond donors (Lipinski definition) is 1. The van der Waals surface area contributed by atoms with Gasteiger partial charge in [0.25, 0.3) is 0 Å². The van der Waals surface area contributed by atoms with Crippen molar-refractivity contribution in [2.45, 2.75) is 75.4 Å². The molecule has 198 valence electrons. The Morgan fingerprint density at radius 1 is 1.20 bits per heavy atom. The first-order chi connectivity index (χ1) is 16.1. The first-order valence-electron chi connectivity index (χ1n) is 11.6. The predicted molar refractivity (Wildman–Crippen MR) is 119 cm³/mol. The van der Waals surface area contributed by atoms with Gasteiger partial charge in [0.2, 0.25) is 5.92 Å². The van der Waals surface area contributed by atoms with Crippen molar-refractivity contribution in [3.8, 4) is 5.75 Å². The maximum atomic E-state index is 14.0. The van der Waals surface area contributed by atoms with Crippen molar-refractivity contribution in [3.05, 3.63) is 17.7 Å². The van der Waals surface area contributed by atoms with Gasteiger partial charge in [0.05, 0.1) is 27.8 Å². The molecule has 1 aliphatic heterocycles. The van der Waals surface area contributed by atoms with Crippen molar-refractivity contribution in [1.29, 1.82) is 0 Å². The summed E-state index contributed by atoms with van der Waals surface area (Å²) in [5.74, 6) is -7.32. The number of anilines is 1. The van der Waals surface area contributed by atoms with E-state index in [0.717, 1.165) is 31.9 Å². The lowest BCUT2D eigenvalue weighted by Gasteiger charge is -2.34. The number of alkyl halides is 5. The van der Waals surface area contributed by atoms with E-state index in [9.17, 15) is 35.2 Å². The van der Waals surface area contributed by atoms with Crippen LogP contribution in [0.5, 0.6) is 5.75 Å². The number of aliphatic carboxylic acids is 1. The second kappa shape index (κ2) is 10.1. The Morgan fingerprint density at radius 2 is 1.83 bits per heavy atom. The van der Waals surface area contributed by atoms with Crippen LogP contribution in [0.3, 0.4) is 0 Å². The van der Waals surface area contributed by atoms with E-state index in [2.05, 4.69) is 0 Å². The van der Waals surface area contributed by atoms with Crippen molar-refractivity contribution in [1.82, 2.24) is 0 Å². The molecule has 1 heterocycles. The molecule has 0 bridgehead atoms. The van der Waals surface area contributed by atoms with Crippen LogP contribution in [0.25, 0.3) is 0 Å². The van der Waals surface area contributed by atoms with Crippen LogP contribution in [0.4, 0.5) is 27.6 Å². The summed E-state index contributed by atoms with van der Waals surface area (Å²) < 4.78 is 101. The van der Waals surface area contributed by atoms with E-state index >= 15 is 0 Å². The summed E-state index contributed by atoms with van der Waals surface area (Å²) in [5, 5.41) is 9.04. The van der Waals surface area contributed by atoms with Crippen LogP contribution in [0, 0.1) is 11.8 Å². The standard InChI is InChI=1S/C23H30F5NO5S/c1-14(21(30)31)12-34-19-10-20-18(9-17(19)23(26,27)28)29(16-5-3-4-6-16)11-15(13-35(20,32)33)7-8-22(2,24)25/h9-10,14-16H,3-8,11-13H2,1-2H3,(H,30,31)/t14-,15+/m1/s1. The molecule has 12 heteroatoms. The van der Waals surface area contributed by atoms with Crippen molar-refractivity contribution in [2.24, 2.45) is 11.8 Å². The quantitative estimate of drug-likeness (QED) is 0.457. The highest BCUT2D eigenvalue weighted by Gasteiger charge is 2.41. The predicted octanol–water partition coefficient (Wildman–Crippen LogP) is 5.39. The average Bonchev–Trinajstić information content (AvgIpc) is 3.23. The average molecular weight is 528 g/mol. The number of carboxylic acids is 1. The highest BCUT2D eigenvalue weighted by atomic mass is 32.2. The molecule has 1 fully saturated rings. The van der Waals surface area contributed by atoms with E-state index < -0.39 is 69.8 Å². The third-order valence-corrected chi connectivity index (χ3v) is 8.50. The van der Waals surface area contributed by atoms with Crippen LogP contribution in [-0.2, 0) is 20.8 Å². The molecule has 1 aliphatic carbocycles. The molecule has 0 unspecified atom stereocenters. The molecule has 1 aromatic carbocycles. The van der Waals surface area contributed by atoms with E-state index in [0.29, 0.717) is 12.8 Å². The van der Waals surface area contributed by atoms with Crippen LogP contribution >= 0.6 is 0 Å². The minimum atomic E-state index is -4.89. The van der Waals surface area contributed by atoms with Gasteiger partial charge in [0.1, 0.15) is 12.4 Å². The van der Waals surface area contributed by atoms with Gasteiger partial charge in [-0.15, -0.1) is 0 Å². The number of ether oxygens (including phenoxy) is 1. The zero-order valence-electron chi connectivity index (χ0n) is 19.6. The highest BCUT2D eigenvalue weighted by Crippen LogP contribution is 2.45. The summed E-state index contributed by atoms with van der Waals surface area (Å²) in [6.07, 6.45) is -2.53. The lowest BCUT2D eigenvalue weighted by molar-refractivity contribution is -0.142. The van der Waals surface area contributed by atoms with E-state index in [-0.39, 0.29) is 29.6 Å². The molecule has 1 N–H and O–H groups in total. The Morgan fingerprint density at radius 3 is 2.37 bits per heavy atom. The van der Waals surface area contributed by atoms with Crippen LogP contribution in [-0.4, -0.2) is 50.4 Å². The largest absolute Gasteiger partial charge is 0.492 e. The van der Waals surface area contributed by atoms with E-state index in [1.807, 2.05) is 0 Å². The van der Waals surface area contributed by atoms with E-state index in [1.165, 1.54) is 6.92 Å². The Bertz CT molecular complexity index is 1030. The summed E-state index contributed by atoms with van der Waals surface area (Å²) >= 11 is 0. The van der Waals surface area contributed by atoms with Gasteiger partial charge in [-0.1, -0.05) is 12.8 Å². The maximum Gasteiger partial charge on any atom is 0.420 e. The lowest BCUT2D eigenvalue weighted by Crippen LogP contribution is -2.38. The summed E-state index contributed by atoms with van der Waals surface area (Å²) in [5.41, 5.74) is -1.31. The topological polar surface area (TPSA) is 83.9 Å². The zero-order valence-corrected chi connectivity index (χ0v) is 20.4. The number of benzene rings is 1. The first-order valence-corrected chi connectivity index (χ1v) is 13.2. The molecular formula is C23H30F5NO5S. The van der Waals surface area contributed by atoms with Crippen molar-refractivity contribution in [2.75, 3.05) is 23.8 Å². The molecule has 0 saturated heterocycles. The molecule has 35 heavy (non-hydrogen) atoms. The fourth-order valence-corrected chi connectivity index (χ4v) is 6.53. The number of halogens is 5. The van der Waals surface area contributed by atoms with Gasteiger partial charge >= 0.3 is 12.1 Å². The third kappa shape index (κ3) is 6.77. The minimum Gasteiger partial charge on any atom is -0.492 e. The Labute approximate surface area is 201 Å². The minimum absolute atomic E-state index is 0.0561. The van der Waals surface area contributed by atoms with Gasteiger partial charge in [-0.3, -0.25) is 4.79 Å². The maximum absolute atomic E-state index is 14.0. The fourth-order valence-electron chi connectivity index (χ4n) is 4.67. The Balaban J connectivity index is 2.10. The summed E-state index contributed by atoms with van der Waals surface area (Å²) in [4.78, 5) is 12.4. The van der Waals surface area contributed by atoms with Crippen LogP contribution in [0.2, 0.25) is 0 Å². The Hall–Kier alpha value is -2.11. The molecule has 3 rings (SSSR count). The van der Waals surface area contributed by atoms with Gasteiger partial charge < -0.3 is 14.7 Å². The smallest absolute Gasteiger partial charge is 0.420 e. The molecule has 1 saturated carbocycles. The molecule has 6 nitrogen and oxygen atoms in total. The van der Waals surface area contributed by atoms with Crippen molar-refractivity contribution < 1.29 is 45.0 Å². The number of hydrogen-bond acceptors (Lipinski definition) is 5. The fraction of sp³-hybridized carbons (Fsp3) is 0.696. The van der Waals surface area contributed by atoms with Crippen LogP contribution in [0.15, 0.2) is 17.0 Å². The number of sulfone groups is 1. The molecule has 2 aliphatic rings. The number of nitrogens with zero attached hydrogens (tertiary/aromatic N) is 1.